The summed E-state index contributed by atoms with van der Waals surface area (Å²) >= 11 is 0. The molecule has 0 N–H and O–H groups in total. The van der Waals surface area contributed by atoms with E-state index in [4.69, 9.17) is 0 Å². The van der Waals surface area contributed by atoms with E-state index in [9.17, 15) is 0 Å². The molecule has 1 aliphatic rings. The molecule has 256 valence electrons. The van der Waals surface area contributed by atoms with Crippen LogP contribution in [0.5, 0.6) is 0 Å². The third-order valence-corrected chi connectivity index (χ3v) is 15.2. The highest BCUT2D eigenvalue weighted by molar-refractivity contribution is 7.80. The number of hydrogen-bond donors (Lipinski definition) is 0. The van der Waals surface area contributed by atoms with E-state index in [1.54, 1.807) is 0 Å². The average Bonchev–Trinajstić information content (AvgIpc) is 3.52. The van der Waals surface area contributed by atoms with Crippen LogP contribution in [0.25, 0.3) is 32.7 Å². The van der Waals surface area contributed by atoms with Crippen LogP contribution < -0.4 is 26.5 Å². The van der Waals surface area contributed by atoms with E-state index in [0.717, 1.165) is 6.42 Å². The van der Waals surface area contributed by atoms with Gasteiger partial charge in [0.15, 0.2) is 0 Å². The molecule has 0 saturated heterocycles. The van der Waals surface area contributed by atoms with Crippen LogP contribution in [0, 0.1) is 41.5 Å². The maximum Gasteiger partial charge on any atom is -0.000884 e. The molecule has 7 aromatic carbocycles. The summed E-state index contributed by atoms with van der Waals surface area (Å²) in [5, 5.41) is 13.9. The van der Waals surface area contributed by atoms with Crippen LogP contribution in [0.2, 0.25) is 0 Å². The molecule has 0 heterocycles. The van der Waals surface area contributed by atoms with Gasteiger partial charge in [0, 0.05) is 0 Å². The molecule has 1 unspecified atom stereocenters. The van der Waals surface area contributed by atoms with E-state index in [-0.39, 0.29) is 0 Å². The Morgan fingerprint density at radius 3 is 1.19 bits per heavy atom. The summed E-state index contributed by atoms with van der Waals surface area (Å²) in [7, 11) is -1.74. The van der Waals surface area contributed by atoms with E-state index in [2.05, 4.69) is 188 Å². The van der Waals surface area contributed by atoms with Crippen molar-refractivity contribution in [2.24, 2.45) is 0 Å². The van der Waals surface area contributed by atoms with Crippen molar-refractivity contribution in [2.75, 3.05) is 0 Å². The van der Waals surface area contributed by atoms with Crippen molar-refractivity contribution in [1.29, 1.82) is 0 Å². The van der Waals surface area contributed by atoms with Crippen LogP contribution in [0.15, 0.2) is 150 Å². The Kier molecular flexibility index (Phi) is 9.34. The summed E-state index contributed by atoms with van der Waals surface area (Å²) in [4.78, 5) is 0. The topological polar surface area (TPSA) is 0 Å². The Labute approximate surface area is 312 Å². The molecule has 0 amide bonds. The van der Waals surface area contributed by atoms with E-state index in [1.165, 1.54) is 103 Å². The Balaban J connectivity index is 1.54. The third kappa shape index (κ3) is 6.61. The van der Waals surface area contributed by atoms with Crippen LogP contribution in [-0.4, -0.2) is 0 Å². The predicted molar refractivity (Wildman–Crippen MR) is 233 cm³/mol. The summed E-state index contributed by atoms with van der Waals surface area (Å²) in [5.41, 5.74) is 12.1. The minimum Gasteiger partial charge on any atom is -0.0771 e. The van der Waals surface area contributed by atoms with E-state index < -0.39 is 15.8 Å². The highest BCUT2D eigenvalue weighted by Crippen LogP contribution is 2.52. The largest absolute Gasteiger partial charge is 0.0771 e. The lowest BCUT2D eigenvalue weighted by Gasteiger charge is -2.29. The molecule has 0 bridgehead atoms. The smallest absolute Gasteiger partial charge is 0.000884 e. The molecule has 0 radical (unpaired) electrons. The van der Waals surface area contributed by atoms with Gasteiger partial charge in [0.2, 0.25) is 0 Å². The maximum atomic E-state index is 2.48. The van der Waals surface area contributed by atoms with Crippen molar-refractivity contribution in [1.82, 2.24) is 0 Å². The first-order valence-corrected chi connectivity index (χ1v) is 21.1. The minimum absolute atomic E-state index is 0.829. The number of allylic oxidation sites excluding steroid dienone is 4. The molecule has 0 saturated carbocycles. The van der Waals surface area contributed by atoms with E-state index in [1.807, 2.05) is 0 Å². The Bertz CT molecular complexity index is 2470. The number of fused-ring (bicyclic) bond motifs is 2. The normalized spacial score (nSPS) is 13.5. The van der Waals surface area contributed by atoms with Gasteiger partial charge in [0.05, 0.1) is 0 Å². The molecule has 7 aromatic rings. The van der Waals surface area contributed by atoms with Crippen LogP contribution in [0.4, 0.5) is 0 Å². The van der Waals surface area contributed by atoms with Crippen molar-refractivity contribution in [3.05, 3.63) is 184 Å². The average molecular weight is 709 g/mol. The summed E-state index contributed by atoms with van der Waals surface area (Å²) in [6.45, 7) is 15.8. The Hall–Kier alpha value is -4.60. The van der Waals surface area contributed by atoms with Gasteiger partial charge in [-0.3, -0.25) is 0 Å². The molecule has 0 spiro atoms. The highest BCUT2D eigenvalue weighted by atomic mass is 31.1. The van der Waals surface area contributed by atoms with Crippen molar-refractivity contribution in [3.8, 4) is 11.1 Å². The molecule has 0 aliphatic heterocycles. The van der Waals surface area contributed by atoms with E-state index in [0.29, 0.717) is 0 Å². The lowest BCUT2D eigenvalue weighted by atomic mass is 9.93. The van der Waals surface area contributed by atoms with E-state index >= 15 is 0 Å². The molecule has 8 rings (SSSR count). The second kappa shape index (κ2) is 14.1. The van der Waals surface area contributed by atoms with Crippen LogP contribution in [0.3, 0.4) is 0 Å². The van der Waals surface area contributed by atoms with Crippen molar-refractivity contribution in [2.45, 2.75) is 54.9 Å². The Morgan fingerprint density at radius 1 is 0.404 bits per heavy atom. The number of aryl methyl sites for hydroxylation is 6. The molecule has 0 aromatic heterocycles. The number of rotatable bonds is 7. The molecule has 1 atom stereocenters. The SMILES string of the molecule is CC1=CCC(P(c2cc(C)cc(C)c2)c2ccc3ccccc3c2-c2c(P(c3cc(C)cc(C)c3)c3cc(C)cc(C)c3)ccc3ccccc23)=C1. The van der Waals surface area contributed by atoms with Crippen molar-refractivity contribution >= 4 is 63.9 Å². The molecule has 52 heavy (non-hydrogen) atoms. The minimum atomic E-state index is -0.915. The molecule has 2 heteroatoms. The quantitative estimate of drug-likeness (QED) is 0.145. The predicted octanol–water partition coefficient (Wildman–Crippen LogP) is 11.9. The first-order valence-electron chi connectivity index (χ1n) is 18.4. The number of benzene rings is 7. The van der Waals surface area contributed by atoms with Crippen molar-refractivity contribution < 1.29 is 0 Å². The third-order valence-electron chi connectivity index (χ3n) is 10.3. The molecular formula is C50H46P2. The van der Waals surface area contributed by atoms with Gasteiger partial charge in [0.25, 0.3) is 0 Å². The van der Waals surface area contributed by atoms with Gasteiger partial charge < -0.3 is 0 Å². The second-order valence-corrected chi connectivity index (χ2v) is 19.3. The van der Waals surface area contributed by atoms with Crippen LogP contribution >= 0.6 is 15.8 Å². The lowest BCUT2D eigenvalue weighted by molar-refractivity contribution is 1.38. The van der Waals surface area contributed by atoms with Gasteiger partial charge in [-0.1, -0.05) is 178 Å². The fourth-order valence-corrected chi connectivity index (χ4v) is 14.1. The summed E-state index contributed by atoms with van der Waals surface area (Å²) in [6, 6.07) is 49.5. The van der Waals surface area contributed by atoms with Gasteiger partial charge in [-0.25, -0.2) is 0 Å². The zero-order chi connectivity index (χ0) is 36.1. The monoisotopic (exact) mass is 708 g/mol. The van der Waals surface area contributed by atoms with Crippen molar-refractivity contribution in [3.63, 3.8) is 0 Å². The van der Waals surface area contributed by atoms with Gasteiger partial charge in [-0.2, -0.15) is 0 Å². The fourth-order valence-electron chi connectivity index (χ4n) is 8.35. The molecule has 0 nitrogen and oxygen atoms in total. The number of hydrogen-bond acceptors (Lipinski definition) is 0. The first kappa shape index (κ1) is 34.5. The maximum absolute atomic E-state index is 2.48. The van der Waals surface area contributed by atoms with Crippen LogP contribution in [-0.2, 0) is 0 Å². The van der Waals surface area contributed by atoms with Gasteiger partial charge in [0.1, 0.15) is 0 Å². The van der Waals surface area contributed by atoms with Gasteiger partial charge >= 0.3 is 0 Å². The van der Waals surface area contributed by atoms with Crippen LogP contribution in [0.1, 0.15) is 46.7 Å². The Morgan fingerprint density at radius 2 is 0.788 bits per heavy atom. The molecule has 1 aliphatic carbocycles. The summed E-state index contributed by atoms with van der Waals surface area (Å²) < 4.78 is 0. The molecular weight excluding hydrogens is 662 g/mol. The van der Waals surface area contributed by atoms with Gasteiger partial charge in [-0.05, 0) is 135 Å². The highest BCUT2D eigenvalue weighted by Gasteiger charge is 2.30. The zero-order valence-electron chi connectivity index (χ0n) is 31.4. The molecule has 0 fully saturated rings. The second-order valence-electron chi connectivity index (χ2n) is 14.9. The summed E-state index contributed by atoms with van der Waals surface area (Å²) in [5.74, 6) is 0. The summed E-state index contributed by atoms with van der Waals surface area (Å²) in [6.07, 6.45) is 5.89. The lowest BCUT2D eigenvalue weighted by Crippen LogP contribution is -2.25. The standard InChI is InChI=1S/C50H46P2/c1-32-16-19-41(25-32)51(42-26-33(2)22-34(3)27-42)47-20-17-39-12-8-10-14-45(39)49(47)50-46-15-11-9-13-40(46)18-21-48(50)52(43-28-35(4)23-36(5)29-43)44-30-37(6)24-38(7)31-44/h8-18,20-31H,19H2,1-7H3. The fraction of sp³-hybridized carbons (Fsp3) is 0.160. The van der Waals surface area contributed by atoms with Gasteiger partial charge in [-0.15, -0.1) is 0 Å². The first-order chi connectivity index (χ1) is 25.1. The zero-order valence-corrected chi connectivity index (χ0v) is 33.2.